The molecule has 2 rings (SSSR count). The Bertz CT molecular complexity index is 525. The Labute approximate surface area is 108 Å². The summed E-state index contributed by atoms with van der Waals surface area (Å²) in [6.45, 7) is 7.58. The lowest BCUT2D eigenvalue weighted by molar-refractivity contribution is 0.278. The first-order chi connectivity index (χ1) is 8.51. The van der Waals surface area contributed by atoms with Crippen molar-refractivity contribution in [2.24, 2.45) is 5.41 Å². The molecule has 2 heterocycles. The highest BCUT2D eigenvalue weighted by Crippen LogP contribution is 2.23. The third kappa shape index (κ3) is 2.88. The average Bonchev–Trinajstić information content (AvgIpc) is 2.61. The number of rotatable bonds is 4. The largest absolute Gasteiger partial charge is 0.396 e. The Morgan fingerprint density at radius 2 is 2.11 bits per heavy atom. The Balaban J connectivity index is 2.43. The third-order valence-corrected chi connectivity index (χ3v) is 2.81. The second-order valence-electron chi connectivity index (χ2n) is 5.84. The topological polar surface area (TPSA) is 50.9 Å². The van der Waals surface area contributed by atoms with Crippen LogP contribution < -0.4 is 0 Å². The van der Waals surface area contributed by atoms with Gasteiger partial charge in [-0.3, -0.25) is 0 Å². The summed E-state index contributed by atoms with van der Waals surface area (Å²) in [6.07, 6.45) is 3.44. The minimum absolute atomic E-state index is 0.193. The monoisotopic (exact) mass is 247 g/mol. The van der Waals surface area contributed by atoms with Crippen molar-refractivity contribution in [1.29, 1.82) is 0 Å². The first-order valence-corrected chi connectivity index (χ1v) is 6.42. The molecule has 0 aliphatic carbocycles. The zero-order chi connectivity index (χ0) is 13.2. The van der Waals surface area contributed by atoms with Crippen LogP contribution in [0.3, 0.4) is 0 Å². The van der Waals surface area contributed by atoms with Crippen LogP contribution in [0.4, 0.5) is 0 Å². The second kappa shape index (κ2) is 5.06. The molecule has 0 radical (unpaired) electrons. The molecule has 1 N–H and O–H groups in total. The maximum absolute atomic E-state index is 9.01. The van der Waals surface area contributed by atoms with Gasteiger partial charge >= 0.3 is 0 Å². The van der Waals surface area contributed by atoms with E-state index in [9.17, 15) is 0 Å². The van der Waals surface area contributed by atoms with E-state index in [1.807, 2.05) is 12.1 Å². The molecule has 2 aromatic heterocycles. The Kier molecular flexibility index (Phi) is 3.66. The molecule has 0 atom stereocenters. The van der Waals surface area contributed by atoms with Crippen LogP contribution in [0.5, 0.6) is 0 Å². The molecular weight excluding hydrogens is 226 g/mol. The molecule has 4 nitrogen and oxygen atoms in total. The van der Waals surface area contributed by atoms with Crippen molar-refractivity contribution < 1.29 is 5.11 Å². The number of pyridine rings is 1. The lowest BCUT2D eigenvalue weighted by Gasteiger charge is -2.18. The Morgan fingerprint density at radius 3 is 2.78 bits per heavy atom. The van der Waals surface area contributed by atoms with Crippen LogP contribution in [0.25, 0.3) is 11.2 Å². The van der Waals surface area contributed by atoms with Gasteiger partial charge in [-0.1, -0.05) is 20.8 Å². The molecule has 0 aliphatic rings. The van der Waals surface area contributed by atoms with E-state index in [1.165, 1.54) is 0 Å². The quantitative estimate of drug-likeness (QED) is 0.902. The first kappa shape index (κ1) is 13.0. The van der Waals surface area contributed by atoms with Crippen molar-refractivity contribution in [2.75, 3.05) is 6.61 Å². The van der Waals surface area contributed by atoms with Crippen LogP contribution in [0, 0.1) is 5.41 Å². The number of aromatic nitrogens is 3. The van der Waals surface area contributed by atoms with Gasteiger partial charge in [-0.25, -0.2) is 9.97 Å². The number of aliphatic hydroxyl groups excluding tert-OH is 1. The summed E-state index contributed by atoms with van der Waals surface area (Å²) in [5.74, 6) is 1.06. The standard InChI is InChI=1S/C14H21N3O/c1-14(2,3)10-12-16-11-6-4-7-15-13(11)17(12)8-5-9-18/h4,6-7,18H,5,8-10H2,1-3H3. The van der Waals surface area contributed by atoms with Gasteiger partial charge < -0.3 is 9.67 Å². The second-order valence-corrected chi connectivity index (χ2v) is 5.84. The fourth-order valence-corrected chi connectivity index (χ4v) is 2.08. The summed E-state index contributed by atoms with van der Waals surface area (Å²) in [5, 5.41) is 9.01. The fraction of sp³-hybridized carbons (Fsp3) is 0.571. The van der Waals surface area contributed by atoms with Gasteiger partial charge in [0.05, 0.1) is 0 Å². The Hall–Kier alpha value is -1.42. The summed E-state index contributed by atoms with van der Waals surface area (Å²) >= 11 is 0. The maximum atomic E-state index is 9.01. The number of imidazole rings is 1. The molecule has 4 heteroatoms. The number of aliphatic hydroxyl groups is 1. The minimum Gasteiger partial charge on any atom is -0.396 e. The lowest BCUT2D eigenvalue weighted by atomic mass is 9.92. The van der Waals surface area contributed by atoms with E-state index in [0.29, 0.717) is 0 Å². The van der Waals surface area contributed by atoms with Crippen LogP contribution in [-0.2, 0) is 13.0 Å². The maximum Gasteiger partial charge on any atom is 0.159 e. The van der Waals surface area contributed by atoms with Gasteiger partial charge in [0.25, 0.3) is 0 Å². The molecule has 0 fully saturated rings. The molecule has 98 valence electrons. The minimum atomic E-state index is 0.193. The molecule has 0 aromatic carbocycles. The summed E-state index contributed by atoms with van der Waals surface area (Å²) in [4.78, 5) is 9.07. The van der Waals surface area contributed by atoms with Crippen LogP contribution in [0.1, 0.15) is 33.0 Å². The SMILES string of the molecule is CC(C)(C)Cc1nc2cccnc2n1CCCO. The third-order valence-electron chi connectivity index (χ3n) is 2.81. The fourth-order valence-electron chi connectivity index (χ4n) is 2.08. The van der Waals surface area contributed by atoms with E-state index in [0.717, 1.165) is 36.4 Å². The molecule has 0 bridgehead atoms. The van der Waals surface area contributed by atoms with Gasteiger partial charge in [0.2, 0.25) is 0 Å². The average molecular weight is 247 g/mol. The molecule has 0 saturated heterocycles. The van der Waals surface area contributed by atoms with E-state index < -0.39 is 0 Å². The number of fused-ring (bicyclic) bond motifs is 1. The predicted octanol–water partition coefficient (Wildman–Crippen LogP) is 2.40. The van der Waals surface area contributed by atoms with E-state index in [-0.39, 0.29) is 12.0 Å². The molecule has 0 spiro atoms. The van der Waals surface area contributed by atoms with E-state index in [4.69, 9.17) is 5.11 Å². The number of nitrogens with zero attached hydrogens (tertiary/aromatic N) is 3. The molecular formula is C14H21N3O. The highest BCUT2D eigenvalue weighted by Gasteiger charge is 2.18. The molecule has 0 saturated carbocycles. The zero-order valence-corrected chi connectivity index (χ0v) is 11.3. The lowest BCUT2D eigenvalue weighted by Crippen LogP contribution is -2.15. The molecule has 2 aromatic rings. The highest BCUT2D eigenvalue weighted by molar-refractivity contribution is 5.71. The molecule has 0 amide bonds. The summed E-state index contributed by atoms with van der Waals surface area (Å²) in [7, 11) is 0. The van der Waals surface area contributed by atoms with Gasteiger partial charge in [-0.15, -0.1) is 0 Å². The molecule has 18 heavy (non-hydrogen) atoms. The van der Waals surface area contributed by atoms with Gasteiger partial charge in [0.15, 0.2) is 5.65 Å². The summed E-state index contributed by atoms with van der Waals surface area (Å²) in [5.41, 5.74) is 2.05. The number of hydrogen-bond donors (Lipinski definition) is 1. The van der Waals surface area contributed by atoms with Gasteiger partial charge in [-0.05, 0) is 24.0 Å². The van der Waals surface area contributed by atoms with Crippen molar-refractivity contribution in [2.45, 2.75) is 40.2 Å². The highest BCUT2D eigenvalue weighted by atomic mass is 16.3. The van der Waals surface area contributed by atoms with Crippen molar-refractivity contribution >= 4 is 11.2 Å². The number of hydrogen-bond acceptors (Lipinski definition) is 3. The predicted molar refractivity (Wildman–Crippen MR) is 72.4 cm³/mol. The van der Waals surface area contributed by atoms with E-state index in [2.05, 4.69) is 35.3 Å². The van der Waals surface area contributed by atoms with E-state index >= 15 is 0 Å². The van der Waals surface area contributed by atoms with E-state index in [1.54, 1.807) is 6.20 Å². The smallest absolute Gasteiger partial charge is 0.159 e. The molecule has 0 aliphatic heterocycles. The van der Waals surface area contributed by atoms with Gasteiger partial charge in [-0.2, -0.15) is 0 Å². The first-order valence-electron chi connectivity index (χ1n) is 6.42. The van der Waals surface area contributed by atoms with Gasteiger partial charge in [0.1, 0.15) is 11.3 Å². The van der Waals surface area contributed by atoms with Crippen molar-refractivity contribution in [3.05, 3.63) is 24.2 Å². The van der Waals surface area contributed by atoms with Crippen LogP contribution >= 0.6 is 0 Å². The Morgan fingerprint density at radius 1 is 1.33 bits per heavy atom. The van der Waals surface area contributed by atoms with Crippen molar-refractivity contribution in [3.8, 4) is 0 Å². The van der Waals surface area contributed by atoms with Crippen LogP contribution in [0.2, 0.25) is 0 Å². The summed E-state index contributed by atoms with van der Waals surface area (Å²) < 4.78 is 2.14. The summed E-state index contributed by atoms with van der Waals surface area (Å²) in [6, 6.07) is 3.90. The van der Waals surface area contributed by atoms with Crippen molar-refractivity contribution in [3.63, 3.8) is 0 Å². The normalized spacial score (nSPS) is 12.2. The van der Waals surface area contributed by atoms with Crippen molar-refractivity contribution in [1.82, 2.24) is 14.5 Å². The number of aryl methyl sites for hydroxylation is 1. The van der Waals surface area contributed by atoms with Gasteiger partial charge in [0, 0.05) is 25.8 Å². The van der Waals surface area contributed by atoms with Crippen LogP contribution in [-0.4, -0.2) is 26.2 Å². The van der Waals surface area contributed by atoms with Crippen LogP contribution in [0.15, 0.2) is 18.3 Å². The molecule has 0 unspecified atom stereocenters. The zero-order valence-electron chi connectivity index (χ0n) is 11.3.